The molecule has 0 bridgehead atoms. The lowest BCUT2D eigenvalue weighted by molar-refractivity contribution is -0.149. The second-order valence-corrected chi connectivity index (χ2v) is 5.04. The van der Waals surface area contributed by atoms with E-state index in [9.17, 15) is 9.59 Å². The monoisotopic (exact) mass is 271 g/mol. The zero-order valence-electron chi connectivity index (χ0n) is 11.3. The van der Waals surface area contributed by atoms with Gasteiger partial charge in [0.15, 0.2) is 5.66 Å². The number of ether oxygens (including phenoxy) is 2. The van der Waals surface area contributed by atoms with E-state index in [0.717, 1.165) is 19.3 Å². The lowest BCUT2D eigenvalue weighted by Crippen LogP contribution is -2.51. The minimum atomic E-state index is -0.797. The average Bonchev–Trinajstić information content (AvgIpc) is 2.94. The molecule has 7 heteroatoms. The molecule has 0 aliphatic carbocycles. The molecule has 1 amide bonds. The van der Waals surface area contributed by atoms with Crippen molar-refractivity contribution in [2.24, 2.45) is 5.84 Å². The van der Waals surface area contributed by atoms with E-state index in [1.54, 1.807) is 5.01 Å². The highest BCUT2D eigenvalue weighted by Gasteiger charge is 2.68. The molecule has 0 radical (unpaired) electrons. The quantitative estimate of drug-likeness (QED) is 0.439. The number of carbonyl (C=O) groups excluding carboxylic acids is 2. The molecule has 108 valence electrons. The van der Waals surface area contributed by atoms with Crippen molar-refractivity contribution in [3.8, 4) is 0 Å². The number of cyclic esters (lactones) is 1. The number of esters is 1. The van der Waals surface area contributed by atoms with E-state index in [4.69, 9.17) is 15.3 Å². The minimum absolute atomic E-state index is 0.0116. The maximum absolute atomic E-state index is 11.6. The van der Waals surface area contributed by atoms with Crippen LogP contribution in [0.1, 0.15) is 39.5 Å². The molecule has 2 saturated heterocycles. The normalized spacial score (nSPS) is 37.2. The summed E-state index contributed by atoms with van der Waals surface area (Å²) in [6.45, 7) is 3.67. The van der Waals surface area contributed by atoms with Crippen molar-refractivity contribution < 1.29 is 19.1 Å². The number of nitrogens with zero attached hydrogens (tertiary/aromatic N) is 1. The lowest BCUT2D eigenvalue weighted by atomic mass is 10.0. The Balaban J connectivity index is 2.15. The highest BCUT2D eigenvalue weighted by Crippen LogP contribution is 2.44. The zero-order valence-corrected chi connectivity index (χ0v) is 11.3. The molecule has 2 aliphatic heterocycles. The molecule has 7 nitrogen and oxygen atoms in total. The largest absolute Gasteiger partial charge is 0.458 e. The summed E-state index contributed by atoms with van der Waals surface area (Å²) in [6.07, 6.45) is 2.37. The third-order valence-electron chi connectivity index (χ3n) is 3.75. The topological polar surface area (TPSA) is 93.7 Å². The van der Waals surface area contributed by atoms with Crippen molar-refractivity contribution in [1.82, 2.24) is 10.3 Å². The molecule has 2 heterocycles. The van der Waals surface area contributed by atoms with Crippen molar-refractivity contribution in [3.05, 3.63) is 0 Å². The Hall–Kier alpha value is -1.34. The summed E-state index contributed by atoms with van der Waals surface area (Å²) in [5, 5.41) is 4.33. The van der Waals surface area contributed by atoms with Crippen LogP contribution in [0.4, 0.5) is 4.79 Å². The molecular formula is C12H21N3O4. The lowest BCUT2D eigenvalue weighted by Gasteiger charge is -2.24. The number of carbonyl (C=O) groups is 2. The van der Waals surface area contributed by atoms with Gasteiger partial charge in [-0.3, -0.25) is 16.0 Å². The second-order valence-electron chi connectivity index (χ2n) is 5.04. The Morgan fingerprint density at radius 2 is 2.42 bits per heavy atom. The van der Waals surface area contributed by atoms with Crippen LogP contribution in [0.3, 0.4) is 0 Å². The fraction of sp³-hybridized carbons (Fsp3) is 0.833. The predicted molar refractivity (Wildman–Crippen MR) is 66.7 cm³/mol. The molecule has 2 fully saturated rings. The Bertz CT molecular complexity index is 376. The third kappa shape index (κ3) is 2.52. The summed E-state index contributed by atoms with van der Waals surface area (Å²) in [6, 6.07) is -0.0116. The van der Waals surface area contributed by atoms with E-state index >= 15 is 0 Å². The predicted octanol–water partition coefficient (Wildman–Crippen LogP) is 0.492. The van der Waals surface area contributed by atoms with Gasteiger partial charge in [0.2, 0.25) is 0 Å². The second kappa shape index (κ2) is 5.34. The number of hydrogen-bond acceptors (Lipinski definition) is 6. The van der Waals surface area contributed by atoms with Gasteiger partial charge in [-0.15, -0.1) is 0 Å². The Kier molecular flexibility index (Phi) is 3.96. The Morgan fingerprint density at radius 1 is 1.68 bits per heavy atom. The average molecular weight is 271 g/mol. The number of unbranched alkanes of at least 4 members (excludes halogenated alkanes) is 1. The van der Waals surface area contributed by atoms with Crippen LogP contribution in [0.5, 0.6) is 0 Å². The van der Waals surface area contributed by atoms with Gasteiger partial charge in [0.1, 0.15) is 6.10 Å². The van der Waals surface area contributed by atoms with E-state index in [1.807, 2.05) is 0 Å². The third-order valence-corrected chi connectivity index (χ3v) is 3.75. The number of hydrogen-bond donors (Lipinski definition) is 2. The first kappa shape index (κ1) is 14.1. The number of alkyl carbamates (subject to hydrolysis) is 1. The Morgan fingerprint density at radius 3 is 3.05 bits per heavy atom. The van der Waals surface area contributed by atoms with Gasteiger partial charge in [0.05, 0.1) is 12.6 Å². The van der Waals surface area contributed by atoms with E-state index in [1.165, 1.54) is 6.92 Å². The summed E-state index contributed by atoms with van der Waals surface area (Å²) < 4.78 is 10.3. The summed E-state index contributed by atoms with van der Waals surface area (Å²) in [4.78, 5) is 22.8. The van der Waals surface area contributed by atoms with Crippen LogP contribution in [-0.4, -0.2) is 41.5 Å². The van der Waals surface area contributed by atoms with Crippen molar-refractivity contribution in [2.75, 3.05) is 6.61 Å². The molecule has 3 N–H and O–H groups in total. The Labute approximate surface area is 112 Å². The molecule has 2 aliphatic rings. The maximum Gasteiger partial charge on any atom is 0.408 e. The van der Waals surface area contributed by atoms with Crippen molar-refractivity contribution >= 4 is 12.1 Å². The first-order valence-electron chi connectivity index (χ1n) is 6.68. The number of rotatable bonds is 4. The van der Waals surface area contributed by atoms with E-state index in [-0.39, 0.29) is 18.6 Å². The summed E-state index contributed by atoms with van der Waals surface area (Å²) in [5.41, 5.74) is -0.797. The molecule has 19 heavy (non-hydrogen) atoms. The van der Waals surface area contributed by atoms with Gasteiger partial charge < -0.3 is 9.47 Å². The highest BCUT2D eigenvalue weighted by molar-refractivity contribution is 5.71. The van der Waals surface area contributed by atoms with E-state index < -0.39 is 17.9 Å². The van der Waals surface area contributed by atoms with Crippen LogP contribution in [-0.2, 0) is 14.3 Å². The number of amides is 1. The fourth-order valence-electron chi connectivity index (χ4n) is 2.78. The van der Waals surface area contributed by atoms with Gasteiger partial charge >= 0.3 is 12.1 Å². The molecule has 0 aromatic rings. The zero-order chi connectivity index (χ0) is 14.0. The van der Waals surface area contributed by atoms with Gasteiger partial charge in [-0.25, -0.2) is 9.80 Å². The van der Waals surface area contributed by atoms with Gasteiger partial charge in [0, 0.05) is 13.3 Å². The van der Waals surface area contributed by atoms with Crippen LogP contribution in [0.15, 0.2) is 0 Å². The van der Waals surface area contributed by atoms with Crippen molar-refractivity contribution in [2.45, 2.75) is 57.3 Å². The number of nitrogens with one attached hydrogen (secondary N) is 1. The van der Waals surface area contributed by atoms with Gasteiger partial charge in [-0.1, -0.05) is 19.8 Å². The molecule has 1 spiro atoms. The van der Waals surface area contributed by atoms with Crippen LogP contribution in [0, 0.1) is 0 Å². The van der Waals surface area contributed by atoms with E-state index in [2.05, 4.69) is 12.2 Å². The van der Waals surface area contributed by atoms with Crippen molar-refractivity contribution in [3.63, 3.8) is 0 Å². The maximum atomic E-state index is 11.6. The van der Waals surface area contributed by atoms with Crippen LogP contribution in [0.25, 0.3) is 0 Å². The van der Waals surface area contributed by atoms with Crippen LogP contribution < -0.4 is 11.2 Å². The summed E-state index contributed by atoms with van der Waals surface area (Å²) in [5.74, 6) is 5.61. The van der Waals surface area contributed by atoms with Gasteiger partial charge in [-0.2, -0.15) is 0 Å². The van der Waals surface area contributed by atoms with Crippen molar-refractivity contribution in [1.29, 1.82) is 0 Å². The first-order valence-corrected chi connectivity index (χ1v) is 6.68. The van der Waals surface area contributed by atoms with E-state index in [0.29, 0.717) is 6.42 Å². The number of hydrazine groups is 1. The molecule has 0 saturated carbocycles. The standard InChI is InChI=1S/C12H21N3O4/c1-3-4-5-9-12(15(9)13)10(19-8(2)16)6-7-18-11(17)14-12/h9-10H,3-7,13H2,1-2H3,(H,14,17)/t9?,10-,12-,15?/m1/s1. The molecule has 2 unspecified atom stereocenters. The molecular weight excluding hydrogens is 250 g/mol. The molecule has 4 atom stereocenters. The van der Waals surface area contributed by atoms with Gasteiger partial charge in [0.25, 0.3) is 0 Å². The molecule has 2 rings (SSSR count). The van der Waals surface area contributed by atoms with Gasteiger partial charge in [-0.05, 0) is 6.42 Å². The number of nitrogens with two attached hydrogens (primary N) is 1. The van der Waals surface area contributed by atoms with Crippen LogP contribution in [0.2, 0.25) is 0 Å². The molecule has 0 aromatic carbocycles. The van der Waals surface area contributed by atoms with Crippen LogP contribution >= 0.6 is 0 Å². The summed E-state index contributed by atoms with van der Waals surface area (Å²) >= 11 is 0. The smallest absolute Gasteiger partial charge is 0.408 e. The first-order chi connectivity index (χ1) is 9.02. The summed E-state index contributed by atoms with van der Waals surface area (Å²) in [7, 11) is 0. The minimum Gasteiger partial charge on any atom is -0.458 e. The fourth-order valence-corrected chi connectivity index (χ4v) is 2.78. The highest BCUT2D eigenvalue weighted by atomic mass is 16.6. The SMILES string of the molecule is CCCCC1N(N)[C@]12NC(=O)OCC[C@H]2OC(C)=O. The molecule has 0 aromatic heterocycles.